The molecule has 0 saturated heterocycles. The fourth-order valence-corrected chi connectivity index (χ4v) is 2.05. The molecule has 19 heavy (non-hydrogen) atoms. The molecular weight excluding hydrogens is 267 g/mol. The third kappa shape index (κ3) is 2.61. The number of nitrogen functional groups attached to an aromatic ring is 1. The maximum atomic E-state index is 13.9. The summed E-state index contributed by atoms with van der Waals surface area (Å²) in [6, 6.07) is 6.45. The molecule has 6 heteroatoms. The maximum Gasteiger partial charge on any atom is 0.224 e. The van der Waals surface area contributed by atoms with E-state index in [0.717, 1.165) is 0 Å². The molecule has 0 aliphatic carbocycles. The van der Waals surface area contributed by atoms with E-state index in [-0.39, 0.29) is 11.1 Å². The molecule has 0 aliphatic heterocycles. The molecule has 1 aromatic carbocycles. The summed E-state index contributed by atoms with van der Waals surface area (Å²) in [6.45, 7) is 4.14. The van der Waals surface area contributed by atoms with E-state index in [1.807, 2.05) is 6.92 Å². The minimum Gasteiger partial charge on any atom is -0.394 e. The van der Waals surface area contributed by atoms with Crippen molar-refractivity contribution in [2.24, 2.45) is 0 Å². The number of nitrogens with zero attached hydrogens (tertiary/aromatic N) is 3. The highest BCUT2D eigenvalue weighted by Gasteiger charge is 2.18. The van der Waals surface area contributed by atoms with E-state index in [1.165, 1.54) is 6.07 Å². The summed E-state index contributed by atoms with van der Waals surface area (Å²) in [5.41, 5.74) is 7.35. The van der Waals surface area contributed by atoms with Crippen LogP contribution in [0.1, 0.15) is 12.6 Å². The van der Waals surface area contributed by atoms with Crippen molar-refractivity contribution in [3.63, 3.8) is 0 Å². The van der Waals surface area contributed by atoms with Crippen LogP contribution in [0.4, 0.5) is 21.6 Å². The first-order valence-corrected chi connectivity index (χ1v) is 6.24. The van der Waals surface area contributed by atoms with Gasteiger partial charge in [-0.1, -0.05) is 12.1 Å². The van der Waals surface area contributed by atoms with Gasteiger partial charge in [0.15, 0.2) is 5.82 Å². The Bertz CT molecular complexity index is 603. The number of halogens is 2. The van der Waals surface area contributed by atoms with Crippen LogP contribution in [0.3, 0.4) is 0 Å². The Balaban J connectivity index is 2.58. The van der Waals surface area contributed by atoms with Crippen molar-refractivity contribution in [1.29, 1.82) is 0 Å². The summed E-state index contributed by atoms with van der Waals surface area (Å²) in [5.74, 6) is 0.0845. The number of nitrogens with two attached hydrogens (primary N) is 1. The lowest BCUT2D eigenvalue weighted by molar-refractivity contribution is 0.625. The summed E-state index contributed by atoms with van der Waals surface area (Å²) in [4.78, 5) is 9.76. The van der Waals surface area contributed by atoms with Gasteiger partial charge in [0.25, 0.3) is 0 Å². The summed E-state index contributed by atoms with van der Waals surface area (Å²) >= 11 is 5.85. The van der Waals surface area contributed by atoms with Gasteiger partial charge in [-0.15, -0.1) is 0 Å². The van der Waals surface area contributed by atoms with Crippen LogP contribution in [0.25, 0.3) is 0 Å². The van der Waals surface area contributed by atoms with Gasteiger partial charge < -0.3 is 10.6 Å². The lowest BCUT2D eigenvalue weighted by Crippen LogP contribution is -2.21. The third-order valence-corrected chi connectivity index (χ3v) is 2.97. The Labute approximate surface area is 116 Å². The normalized spacial score (nSPS) is 10.5. The van der Waals surface area contributed by atoms with E-state index in [4.69, 9.17) is 17.3 Å². The number of aromatic nitrogens is 2. The number of rotatable bonds is 3. The molecule has 0 saturated carbocycles. The van der Waals surface area contributed by atoms with Crippen molar-refractivity contribution >= 4 is 28.8 Å². The zero-order valence-corrected chi connectivity index (χ0v) is 11.4. The third-order valence-electron chi connectivity index (χ3n) is 2.80. The predicted octanol–water partition coefficient (Wildman–Crippen LogP) is 3.32. The fourth-order valence-electron chi connectivity index (χ4n) is 1.84. The van der Waals surface area contributed by atoms with Crippen LogP contribution in [-0.2, 0) is 0 Å². The van der Waals surface area contributed by atoms with Crippen molar-refractivity contribution in [2.45, 2.75) is 13.8 Å². The second kappa shape index (κ2) is 5.40. The molecule has 0 fully saturated rings. The molecule has 1 aromatic heterocycles. The molecule has 0 amide bonds. The highest BCUT2D eigenvalue weighted by Crippen LogP contribution is 2.31. The smallest absolute Gasteiger partial charge is 0.224 e. The molecule has 0 spiro atoms. The van der Waals surface area contributed by atoms with Crippen LogP contribution in [0.2, 0.25) is 5.28 Å². The molecule has 2 N–H and O–H groups in total. The van der Waals surface area contributed by atoms with Crippen LogP contribution < -0.4 is 10.6 Å². The average molecular weight is 281 g/mol. The van der Waals surface area contributed by atoms with Gasteiger partial charge in [-0.3, -0.25) is 0 Å². The van der Waals surface area contributed by atoms with Crippen LogP contribution in [0, 0.1) is 12.7 Å². The van der Waals surface area contributed by atoms with Crippen molar-refractivity contribution in [2.75, 3.05) is 17.2 Å². The minimum absolute atomic E-state index is 0.0940. The molecule has 0 atom stereocenters. The standard InChI is InChI=1S/C13H14ClFN4/c1-3-19(10-7-5-4-6-9(10)15)12-11(16)8(2)17-13(14)18-12/h4-7H,3,16H2,1-2H3. The largest absolute Gasteiger partial charge is 0.394 e. The topological polar surface area (TPSA) is 55.0 Å². The van der Waals surface area contributed by atoms with E-state index >= 15 is 0 Å². The molecule has 100 valence electrons. The Morgan fingerprint density at radius 2 is 2.00 bits per heavy atom. The molecule has 2 aromatic rings. The zero-order chi connectivity index (χ0) is 14.0. The number of anilines is 3. The highest BCUT2D eigenvalue weighted by molar-refractivity contribution is 6.28. The van der Waals surface area contributed by atoms with E-state index in [0.29, 0.717) is 29.4 Å². The number of para-hydroxylation sites is 1. The van der Waals surface area contributed by atoms with Crippen LogP contribution in [0.15, 0.2) is 24.3 Å². The van der Waals surface area contributed by atoms with Crippen LogP contribution in [0.5, 0.6) is 0 Å². The SMILES string of the molecule is CCN(c1ccccc1F)c1nc(Cl)nc(C)c1N. The van der Waals surface area contributed by atoms with Gasteiger partial charge in [0.05, 0.1) is 17.1 Å². The Morgan fingerprint density at radius 3 is 2.63 bits per heavy atom. The van der Waals surface area contributed by atoms with E-state index < -0.39 is 0 Å². The second-order valence-electron chi connectivity index (χ2n) is 4.01. The van der Waals surface area contributed by atoms with Gasteiger partial charge in [-0.05, 0) is 37.6 Å². The average Bonchev–Trinajstić information content (AvgIpc) is 2.38. The molecule has 1 heterocycles. The fraction of sp³-hybridized carbons (Fsp3) is 0.231. The first-order chi connectivity index (χ1) is 9.04. The van der Waals surface area contributed by atoms with Crippen molar-refractivity contribution < 1.29 is 4.39 Å². The van der Waals surface area contributed by atoms with Gasteiger partial charge in [-0.25, -0.2) is 9.37 Å². The lowest BCUT2D eigenvalue weighted by atomic mass is 10.2. The van der Waals surface area contributed by atoms with Gasteiger partial charge in [0, 0.05) is 6.54 Å². The monoisotopic (exact) mass is 280 g/mol. The Kier molecular flexibility index (Phi) is 3.85. The summed E-state index contributed by atoms with van der Waals surface area (Å²) < 4.78 is 13.9. The van der Waals surface area contributed by atoms with Crippen molar-refractivity contribution in [1.82, 2.24) is 9.97 Å². The van der Waals surface area contributed by atoms with E-state index in [1.54, 1.807) is 30.0 Å². The number of hydrogen-bond donors (Lipinski definition) is 1. The Morgan fingerprint density at radius 1 is 1.32 bits per heavy atom. The summed E-state index contributed by atoms with van der Waals surface area (Å²) in [7, 11) is 0. The van der Waals surface area contributed by atoms with Gasteiger partial charge in [-0.2, -0.15) is 4.98 Å². The highest BCUT2D eigenvalue weighted by atomic mass is 35.5. The maximum absolute atomic E-state index is 13.9. The van der Waals surface area contributed by atoms with Gasteiger partial charge in [0.2, 0.25) is 5.28 Å². The zero-order valence-electron chi connectivity index (χ0n) is 10.7. The molecule has 4 nitrogen and oxygen atoms in total. The first-order valence-electron chi connectivity index (χ1n) is 5.86. The number of benzene rings is 1. The molecule has 0 bridgehead atoms. The Hall–Kier alpha value is -1.88. The van der Waals surface area contributed by atoms with Crippen LogP contribution >= 0.6 is 11.6 Å². The second-order valence-corrected chi connectivity index (χ2v) is 4.35. The number of aryl methyl sites for hydroxylation is 1. The predicted molar refractivity (Wildman–Crippen MR) is 75.3 cm³/mol. The van der Waals surface area contributed by atoms with E-state index in [9.17, 15) is 4.39 Å². The van der Waals surface area contributed by atoms with Gasteiger partial charge >= 0.3 is 0 Å². The van der Waals surface area contributed by atoms with Crippen LogP contribution in [-0.4, -0.2) is 16.5 Å². The quantitative estimate of drug-likeness (QED) is 0.877. The molecule has 2 rings (SSSR count). The lowest BCUT2D eigenvalue weighted by Gasteiger charge is -2.24. The summed E-state index contributed by atoms with van der Waals surface area (Å²) in [6.07, 6.45) is 0. The first kappa shape index (κ1) is 13.5. The molecule has 0 unspecified atom stereocenters. The minimum atomic E-state index is -0.337. The summed E-state index contributed by atoms with van der Waals surface area (Å²) in [5, 5.41) is 0.0940. The van der Waals surface area contributed by atoms with Crippen molar-refractivity contribution in [3.05, 3.63) is 41.1 Å². The van der Waals surface area contributed by atoms with Crippen molar-refractivity contribution in [3.8, 4) is 0 Å². The van der Waals surface area contributed by atoms with E-state index in [2.05, 4.69) is 9.97 Å². The van der Waals surface area contributed by atoms with Gasteiger partial charge in [0.1, 0.15) is 5.82 Å². The molecule has 0 radical (unpaired) electrons. The molecular formula is C13H14ClFN4. The molecule has 0 aliphatic rings. The number of hydrogen-bond acceptors (Lipinski definition) is 4.